The van der Waals surface area contributed by atoms with E-state index in [2.05, 4.69) is 18.2 Å². The van der Waals surface area contributed by atoms with Crippen LogP contribution in [0, 0.1) is 0 Å². The minimum atomic E-state index is -0.626. The van der Waals surface area contributed by atoms with Crippen molar-refractivity contribution in [1.82, 2.24) is 0 Å². The molecule has 13 heteroatoms. The smallest absolute Gasteiger partial charge is 0.343 e. The predicted octanol–water partition coefficient (Wildman–Crippen LogP) is 7.67. The van der Waals surface area contributed by atoms with E-state index >= 15 is 0 Å². The Hall–Kier alpha value is -6.89. The van der Waals surface area contributed by atoms with Crippen LogP contribution in [0.1, 0.15) is 52.0 Å². The molecule has 0 saturated heterocycles. The Labute approximate surface area is 325 Å². The fourth-order valence-electron chi connectivity index (χ4n) is 4.77. The molecule has 0 bridgehead atoms. The lowest BCUT2D eigenvalue weighted by atomic mass is 10.2. The highest BCUT2D eigenvalue weighted by atomic mass is 16.6. The van der Waals surface area contributed by atoms with Crippen molar-refractivity contribution in [2.75, 3.05) is 40.6 Å². The molecule has 0 aliphatic carbocycles. The molecular weight excluding hydrogens is 722 g/mol. The van der Waals surface area contributed by atoms with Crippen LogP contribution in [-0.4, -0.2) is 70.7 Å². The first-order valence-electron chi connectivity index (χ1n) is 17.6. The van der Waals surface area contributed by atoms with Crippen molar-refractivity contribution in [3.05, 3.63) is 127 Å². The number of rotatable bonds is 22. The van der Waals surface area contributed by atoms with E-state index in [0.29, 0.717) is 79.6 Å². The van der Waals surface area contributed by atoms with Gasteiger partial charge in [0.05, 0.1) is 57.5 Å². The molecule has 0 aliphatic rings. The SMILES string of the molecule is C=CC(=O)OCCCCOc1ccc(C(=O)Oc2ccc(N=Cc3cc(OC)c(OC(=O)c4ccc(OCCCCOC(=O)C=C)cc4)c(OC)c3)cc2)cc1. The molecule has 0 unspecified atom stereocenters. The van der Waals surface area contributed by atoms with Crippen molar-refractivity contribution in [3.63, 3.8) is 0 Å². The molecule has 0 aliphatic heterocycles. The molecule has 0 aromatic heterocycles. The van der Waals surface area contributed by atoms with Gasteiger partial charge in [0.1, 0.15) is 17.2 Å². The minimum absolute atomic E-state index is 0.101. The molecule has 0 N–H and O–H groups in total. The van der Waals surface area contributed by atoms with E-state index in [-0.39, 0.29) is 29.4 Å². The summed E-state index contributed by atoms with van der Waals surface area (Å²) in [6.07, 6.45) is 6.50. The number of carbonyl (C=O) groups excluding carboxylic acids is 4. The summed E-state index contributed by atoms with van der Waals surface area (Å²) in [5.74, 6) is 0.0491. The Morgan fingerprint density at radius 3 is 1.45 bits per heavy atom. The molecule has 4 aromatic rings. The Morgan fingerprint density at radius 2 is 1.00 bits per heavy atom. The molecular formula is C43H43NO12. The van der Waals surface area contributed by atoms with Crippen LogP contribution in [0.25, 0.3) is 0 Å². The number of hydrogen-bond donors (Lipinski definition) is 0. The van der Waals surface area contributed by atoms with E-state index in [1.807, 2.05) is 0 Å². The van der Waals surface area contributed by atoms with Crippen molar-refractivity contribution in [3.8, 4) is 34.5 Å². The zero-order chi connectivity index (χ0) is 40.1. The average Bonchev–Trinajstić information content (AvgIpc) is 3.23. The maximum Gasteiger partial charge on any atom is 0.343 e. The molecule has 0 fully saturated rings. The number of aliphatic imine (C=N–C) groups is 1. The summed E-state index contributed by atoms with van der Waals surface area (Å²) in [4.78, 5) is 52.4. The van der Waals surface area contributed by atoms with E-state index in [0.717, 1.165) is 12.2 Å². The highest BCUT2D eigenvalue weighted by Gasteiger charge is 2.19. The summed E-state index contributed by atoms with van der Waals surface area (Å²) in [6.45, 7) is 8.13. The van der Waals surface area contributed by atoms with Crippen LogP contribution in [0.4, 0.5) is 5.69 Å². The van der Waals surface area contributed by atoms with Gasteiger partial charge in [-0.15, -0.1) is 0 Å². The summed E-state index contributed by atoms with van der Waals surface area (Å²) in [5, 5.41) is 0. The Morgan fingerprint density at radius 1 is 0.571 bits per heavy atom. The van der Waals surface area contributed by atoms with Gasteiger partial charge in [0, 0.05) is 23.9 Å². The quantitative estimate of drug-likeness (QED) is 0.0254. The third-order valence-corrected chi connectivity index (χ3v) is 7.70. The molecule has 0 amide bonds. The Kier molecular flexibility index (Phi) is 16.7. The first-order chi connectivity index (χ1) is 27.2. The standard InChI is InChI=1S/C43H43NO12/c1-5-39(45)53-25-9-7-23-51-34-17-11-31(12-18-34)42(47)55-36-21-15-33(16-22-36)44-29-30-27-37(49-3)41(38(28-30)50-4)56-43(48)32-13-19-35(20-14-32)52-24-8-10-26-54-40(46)6-2/h5-6,11-22,27-29H,1-2,7-10,23-26H2,3-4H3. The lowest BCUT2D eigenvalue weighted by Gasteiger charge is -2.14. The number of methoxy groups -OCH3 is 2. The number of ether oxygens (including phenoxy) is 8. The van der Waals surface area contributed by atoms with E-state index in [1.54, 1.807) is 91.1 Å². The number of esters is 4. The van der Waals surface area contributed by atoms with Gasteiger partial charge in [-0.25, -0.2) is 19.2 Å². The molecule has 0 saturated carbocycles. The van der Waals surface area contributed by atoms with Gasteiger partial charge in [0.25, 0.3) is 0 Å². The van der Waals surface area contributed by atoms with Crippen LogP contribution in [0.2, 0.25) is 0 Å². The van der Waals surface area contributed by atoms with Crippen molar-refractivity contribution in [1.29, 1.82) is 0 Å². The fraction of sp³-hybridized carbons (Fsp3) is 0.233. The lowest BCUT2D eigenvalue weighted by Crippen LogP contribution is -2.10. The molecule has 0 radical (unpaired) electrons. The average molecular weight is 766 g/mol. The topological polar surface area (TPSA) is 154 Å². The van der Waals surface area contributed by atoms with E-state index in [9.17, 15) is 19.2 Å². The molecule has 0 heterocycles. The van der Waals surface area contributed by atoms with Crippen LogP contribution in [0.5, 0.6) is 34.5 Å². The Bertz CT molecular complexity index is 1940. The lowest BCUT2D eigenvalue weighted by molar-refractivity contribution is -0.138. The minimum Gasteiger partial charge on any atom is -0.494 e. The fourth-order valence-corrected chi connectivity index (χ4v) is 4.77. The monoisotopic (exact) mass is 765 g/mol. The normalized spacial score (nSPS) is 10.5. The summed E-state index contributed by atoms with van der Waals surface area (Å²) in [7, 11) is 2.89. The van der Waals surface area contributed by atoms with Gasteiger partial charge in [0.2, 0.25) is 5.75 Å². The van der Waals surface area contributed by atoms with Gasteiger partial charge in [-0.3, -0.25) is 4.99 Å². The highest BCUT2D eigenvalue weighted by molar-refractivity contribution is 5.93. The molecule has 56 heavy (non-hydrogen) atoms. The summed E-state index contributed by atoms with van der Waals surface area (Å²) in [6, 6.07) is 23.0. The van der Waals surface area contributed by atoms with Crippen molar-refractivity contribution < 1.29 is 57.1 Å². The first kappa shape index (κ1) is 41.9. The summed E-state index contributed by atoms with van der Waals surface area (Å²) in [5.41, 5.74) is 1.83. The van der Waals surface area contributed by atoms with Crippen molar-refractivity contribution in [2.24, 2.45) is 4.99 Å². The van der Waals surface area contributed by atoms with Crippen molar-refractivity contribution in [2.45, 2.75) is 25.7 Å². The zero-order valence-corrected chi connectivity index (χ0v) is 31.2. The summed E-state index contributed by atoms with van der Waals surface area (Å²) >= 11 is 0. The number of benzene rings is 4. The first-order valence-corrected chi connectivity index (χ1v) is 17.6. The van der Waals surface area contributed by atoms with Crippen LogP contribution < -0.4 is 28.4 Å². The number of nitrogens with zero attached hydrogens (tertiary/aromatic N) is 1. The van der Waals surface area contributed by atoms with E-state index in [1.165, 1.54) is 14.2 Å². The summed E-state index contributed by atoms with van der Waals surface area (Å²) < 4.78 is 43.5. The third-order valence-electron chi connectivity index (χ3n) is 7.70. The number of carbonyl (C=O) groups is 4. The molecule has 4 rings (SSSR count). The van der Waals surface area contributed by atoms with Crippen LogP contribution in [-0.2, 0) is 19.1 Å². The van der Waals surface area contributed by atoms with Gasteiger partial charge in [-0.2, -0.15) is 0 Å². The van der Waals surface area contributed by atoms with Crippen LogP contribution in [0.15, 0.2) is 115 Å². The molecule has 0 spiro atoms. The second kappa shape index (κ2) is 22.4. The zero-order valence-electron chi connectivity index (χ0n) is 31.2. The van der Waals surface area contributed by atoms with E-state index in [4.69, 9.17) is 37.9 Å². The maximum absolute atomic E-state index is 13.0. The van der Waals surface area contributed by atoms with Gasteiger partial charge in [0.15, 0.2) is 11.5 Å². The second-order valence-electron chi connectivity index (χ2n) is 11.7. The van der Waals surface area contributed by atoms with Gasteiger partial charge >= 0.3 is 23.9 Å². The van der Waals surface area contributed by atoms with Gasteiger partial charge in [-0.1, -0.05) is 13.2 Å². The van der Waals surface area contributed by atoms with Gasteiger partial charge < -0.3 is 37.9 Å². The van der Waals surface area contributed by atoms with Gasteiger partial charge in [-0.05, 0) is 111 Å². The maximum atomic E-state index is 13.0. The predicted molar refractivity (Wildman–Crippen MR) is 208 cm³/mol. The second-order valence-corrected chi connectivity index (χ2v) is 11.7. The number of unbranched alkanes of at least 4 members (excludes halogenated alkanes) is 2. The molecule has 13 nitrogen and oxygen atoms in total. The Balaban J connectivity index is 1.27. The molecule has 0 atom stereocenters. The van der Waals surface area contributed by atoms with Crippen LogP contribution >= 0.6 is 0 Å². The van der Waals surface area contributed by atoms with E-state index < -0.39 is 23.9 Å². The largest absolute Gasteiger partial charge is 0.494 e. The molecule has 4 aromatic carbocycles. The highest BCUT2D eigenvalue weighted by Crippen LogP contribution is 2.39. The number of hydrogen-bond acceptors (Lipinski definition) is 13. The third kappa shape index (κ3) is 13.5. The van der Waals surface area contributed by atoms with Crippen molar-refractivity contribution >= 4 is 35.8 Å². The van der Waals surface area contributed by atoms with Crippen LogP contribution in [0.3, 0.4) is 0 Å². The molecule has 292 valence electrons.